The molecule has 0 saturated carbocycles. The predicted octanol–water partition coefficient (Wildman–Crippen LogP) is 0.455. The number of benzene rings is 1. The Bertz CT molecular complexity index is 481. The third-order valence-corrected chi connectivity index (χ3v) is 4.34. The Hall–Kier alpha value is -1.02. The molecule has 2 heterocycles. The minimum atomic E-state index is -1.35. The Balaban J connectivity index is 1.61. The number of ether oxygens (including phenoxy) is 4. The summed E-state index contributed by atoms with van der Waals surface area (Å²) < 4.78 is 22.0. The minimum absolute atomic E-state index is 0.172. The first-order valence-electron chi connectivity index (χ1n) is 7.47. The van der Waals surface area contributed by atoms with Gasteiger partial charge in [-0.25, -0.2) is 0 Å². The second-order valence-corrected chi connectivity index (χ2v) is 5.76. The van der Waals surface area contributed by atoms with Gasteiger partial charge in [-0.1, -0.05) is 30.3 Å². The fourth-order valence-corrected chi connectivity index (χ4v) is 3.08. The van der Waals surface area contributed by atoms with Crippen molar-refractivity contribution in [3.63, 3.8) is 0 Å². The molecule has 6 nitrogen and oxygen atoms in total. The Kier molecular flexibility index (Phi) is 4.77. The molecular weight excluding hydrogens is 288 g/mol. The normalized spacial score (nSPS) is 38.0. The SMILES string of the molecule is CO[C@H]1O[C@H](COCc2ccccc2)[C@@H](O)[C@@]2(O)CCO[C@@H]12. The van der Waals surface area contributed by atoms with E-state index >= 15 is 0 Å². The van der Waals surface area contributed by atoms with Crippen LogP contribution in [0.3, 0.4) is 0 Å². The van der Waals surface area contributed by atoms with Crippen molar-refractivity contribution in [1.82, 2.24) is 0 Å². The van der Waals surface area contributed by atoms with Crippen molar-refractivity contribution in [1.29, 1.82) is 0 Å². The Morgan fingerprint density at radius 3 is 2.82 bits per heavy atom. The van der Waals surface area contributed by atoms with Gasteiger partial charge in [0.15, 0.2) is 6.29 Å². The first-order chi connectivity index (χ1) is 10.6. The highest BCUT2D eigenvalue weighted by Crippen LogP contribution is 2.39. The van der Waals surface area contributed by atoms with Gasteiger partial charge in [0.25, 0.3) is 0 Å². The highest BCUT2D eigenvalue weighted by Gasteiger charge is 2.59. The Morgan fingerprint density at radius 1 is 1.32 bits per heavy atom. The van der Waals surface area contributed by atoms with Crippen molar-refractivity contribution in [3.05, 3.63) is 35.9 Å². The molecule has 122 valence electrons. The largest absolute Gasteiger partial charge is 0.387 e. The summed E-state index contributed by atoms with van der Waals surface area (Å²) in [6.45, 7) is 0.966. The van der Waals surface area contributed by atoms with Crippen LogP contribution in [0, 0.1) is 0 Å². The fraction of sp³-hybridized carbons (Fsp3) is 0.625. The lowest BCUT2D eigenvalue weighted by Crippen LogP contribution is -2.65. The second-order valence-electron chi connectivity index (χ2n) is 5.76. The maximum atomic E-state index is 10.7. The molecule has 3 rings (SSSR count). The summed E-state index contributed by atoms with van der Waals surface area (Å²) in [6, 6.07) is 9.75. The van der Waals surface area contributed by atoms with Crippen molar-refractivity contribution in [2.45, 2.75) is 43.2 Å². The van der Waals surface area contributed by atoms with E-state index in [1.54, 1.807) is 0 Å². The Morgan fingerprint density at radius 2 is 2.09 bits per heavy atom. The van der Waals surface area contributed by atoms with Gasteiger partial charge in [-0.15, -0.1) is 0 Å². The third kappa shape index (κ3) is 2.90. The van der Waals surface area contributed by atoms with E-state index in [1.807, 2.05) is 30.3 Å². The van der Waals surface area contributed by atoms with Crippen LogP contribution in [0.2, 0.25) is 0 Å². The maximum absolute atomic E-state index is 10.7. The molecular formula is C16H22O6. The molecule has 2 aliphatic rings. The van der Waals surface area contributed by atoms with E-state index in [-0.39, 0.29) is 6.61 Å². The van der Waals surface area contributed by atoms with Gasteiger partial charge in [-0.3, -0.25) is 0 Å². The monoisotopic (exact) mass is 310 g/mol. The molecule has 1 aromatic rings. The number of rotatable bonds is 5. The molecule has 22 heavy (non-hydrogen) atoms. The molecule has 1 aromatic carbocycles. The summed E-state index contributed by atoms with van der Waals surface area (Å²) in [5.74, 6) is 0. The van der Waals surface area contributed by atoms with Crippen molar-refractivity contribution in [3.8, 4) is 0 Å². The quantitative estimate of drug-likeness (QED) is 0.822. The van der Waals surface area contributed by atoms with Crippen LogP contribution in [0.25, 0.3) is 0 Å². The smallest absolute Gasteiger partial charge is 0.186 e. The van der Waals surface area contributed by atoms with Gasteiger partial charge in [0.1, 0.15) is 23.9 Å². The van der Waals surface area contributed by atoms with E-state index in [1.165, 1.54) is 7.11 Å². The molecule has 5 atom stereocenters. The van der Waals surface area contributed by atoms with E-state index in [0.29, 0.717) is 19.6 Å². The molecule has 2 N–H and O–H groups in total. The summed E-state index contributed by atoms with van der Waals surface area (Å²) in [5.41, 5.74) is -0.309. The van der Waals surface area contributed by atoms with Crippen molar-refractivity contribution in [2.75, 3.05) is 20.3 Å². The summed E-state index contributed by atoms with van der Waals surface area (Å²) in [5, 5.41) is 21.1. The van der Waals surface area contributed by atoms with Crippen LogP contribution in [0.1, 0.15) is 12.0 Å². The van der Waals surface area contributed by atoms with Crippen molar-refractivity contribution >= 4 is 0 Å². The van der Waals surface area contributed by atoms with Gasteiger partial charge in [-0.2, -0.15) is 0 Å². The molecule has 0 aliphatic carbocycles. The molecule has 6 heteroatoms. The van der Waals surface area contributed by atoms with Crippen molar-refractivity contribution in [2.24, 2.45) is 0 Å². The molecule has 0 amide bonds. The summed E-state index contributed by atoms with van der Waals surface area (Å²) in [7, 11) is 1.49. The molecule has 0 radical (unpaired) electrons. The van der Waals surface area contributed by atoms with E-state index in [0.717, 1.165) is 5.56 Å². The number of hydrogen-bond donors (Lipinski definition) is 2. The summed E-state index contributed by atoms with van der Waals surface area (Å²) >= 11 is 0. The zero-order chi connectivity index (χ0) is 15.6. The van der Waals surface area contributed by atoms with Gasteiger partial charge in [-0.05, 0) is 5.56 Å². The first-order valence-corrected chi connectivity index (χ1v) is 7.47. The van der Waals surface area contributed by atoms with Gasteiger partial charge in [0.2, 0.25) is 0 Å². The van der Waals surface area contributed by atoms with Crippen LogP contribution >= 0.6 is 0 Å². The van der Waals surface area contributed by atoms with Gasteiger partial charge < -0.3 is 29.2 Å². The summed E-state index contributed by atoms with van der Waals surface area (Å²) in [6.07, 6.45) is -2.74. The number of fused-ring (bicyclic) bond motifs is 1. The molecule has 2 saturated heterocycles. The fourth-order valence-electron chi connectivity index (χ4n) is 3.08. The van der Waals surface area contributed by atoms with Gasteiger partial charge >= 0.3 is 0 Å². The van der Waals surface area contributed by atoms with Gasteiger partial charge in [0, 0.05) is 13.5 Å². The standard InChI is InChI=1S/C16H22O6/c1-19-15-14-16(18,7-8-21-14)13(17)12(22-15)10-20-9-11-5-3-2-4-6-11/h2-6,12-15,17-18H,7-10H2,1H3/t12-,13-,14+,15+,16+/m1/s1. The third-order valence-electron chi connectivity index (χ3n) is 4.34. The van der Waals surface area contributed by atoms with Crippen LogP contribution in [-0.4, -0.2) is 60.7 Å². The zero-order valence-electron chi connectivity index (χ0n) is 12.6. The molecule has 2 aliphatic heterocycles. The van der Waals surface area contributed by atoms with Crippen LogP contribution < -0.4 is 0 Å². The predicted molar refractivity (Wildman–Crippen MR) is 77.1 cm³/mol. The van der Waals surface area contributed by atoms with Crippen LogP contribution in [0.4, 0.5) is 0 Å². The lowest BCUT2D eigenvalue weighted by atomic mass is 9.83. The molecule has 0 aromatic heterocycles. The van der Waals surface area contributed by atoms with Crippen LogP contribution in [0.15, 0.2) is 30.3 Å². The molecule has 0 spiro atoms. The maximum Gasteiger partial charge on any atom is 0.186 e. The van der Waals surface area contributed by atoms with Crippen molar-refractivity contribution < 1.29 is 29.2 Å². The number of methoxy groups -OCH3 is 1. The lowest BCUT2D eigenvalue weighted by molar-refractivity contribution is -0.315. The minimum Gasteiger partial charge on any atom is -0.387 e. The highest BCUT2D eigenvalue weighted by atomic mass is 16.7. The molecule has 0 bridgehead atoms. The average molecular weight is 310 g/mol. The lowest BCUT2D eigenvalue weighted by Gasteiger charge is -2.45. The number of hydrogen-bond acceptors (Lipinski definition) is 6. The number of aliphatic hydroxyl groups excluding tert-OH is 1. The molecule has 0 unspecified atom stereocenters. The molecule has 2 fully saturated rings. The highest BCUT2D eigenvalue weighted by molar-refractivity contribution is 5.13. The first kappa shape index (κ1) is 15.9. The van der Waals surface area contributed by atoms with Crippen LogP contribution in [0.5, 0.6) is 0 Å². The average Bonchev–Trinajstić information content (AvgIpc) is 2.94. The van der Waals surface area contributed by atoms with E-state index < -0.39 is 30.2 Å². The van der Waals surface area contributed by atoms with Crippen LogP contribution in [-0.2, 0) is 25.6 Å². The zero-order valence-corrected chi connectivity index (χ0v) is 12.6. The Labute approximate surface area is 129 Å². The van der Waals surface area contributed by atoms with E-state index in [4.69, 9.17) is 18.9 Å². The van der Waals surface area contributed by atoms with E-state index in [9.17, 15) is 10.2 Å². The topological polar surface area (TPSA) is 77.4 Å². The van der Waals surface area contributed by atoms with Gasteiger partial charge in [0.05, 0.1) is 19.8 Å². The summed E-state index contributed by atoms with van der Waals surface area (Å²) in [4.78, 5) is 0. The second kappa shape index (κ2) is 6.62. The number of aliphatic hydroxyl groups is 2. The van der Waals surface area contributed by atoms with E-state index in [2.05, 4.69) is 0 Å².